The van der Waals surface area contributed by atoms with E-state index in [0.717, 1.165) is 11.3 Å². The van der Waals surface area contributed by atoms with Gasteiger partial charge < -0.3 is 19.9 Å². The Labute approximate surface area is 119 Å². The normalized spacial score (nSPS) is 12.2. The molecule has 0 aliphatic carbocycles. The summed E-state index contributed by atoms with van der Waals surface area (Å²) in [5.74, 6) is 0.645. The smallest absolute Gasteiger partial charge is 0.222 e. The minimum absolute atomic E-state index is 0.0702. The Kier molecular flexibility index (Phi) is 7.04. The van der Waals surface area contributed by atoms with Gasteiger partial charge >= 0.3 is 0 Å². The molecule has 2 N–H and O–H groups in total. The lowest BCUT2D eigenvalue weighted by Gasteiger charge is -2.13. The fourth-order valence-corrected chi connectivity index (χ4v) is 1.52. The van der Waals surface area contributed by atoms with E-state index in [1.807, 2.05) is 38.1 Å². The summed E-state index contributed by atoms with van der Waals surface area (Å²) in [4.78, 5) is 11.3. The van der Waals surface area contributed by atoms with E-state index in [0.29, 0.717) is 6.61 Å². The Balaban J connectivity index is 2.20. The van der Waals surface area contributed by atoms with Crippen LogP contribution in [0.25, 0.3) is 0 Å². The summed E-state index contributed by atoms with van der Waals surface area (Å²) in [5, 5.41) is 12.3. The standard InChI is InChI=1S/C15H23NO4/c1-11(2)15(18)16-8-13(17)10-20-9-12-4-6-14(19-3)7-5-12/h4-7,11,13,17H,8-10H2,1-3H3,(H,16,18). The highest BCUT2D eigenvalue weighted by atomic mass is 16.5. The maximum absolute atomic E-state index is 11.3. The summed E-state index contributed by atoms with van der Waals surface area (Å²) >= 11 is 0. The number of nitrogens with one attached hydrogen (secondary N) is 1. The molecule has 0 heterocycles. The molecule has 0 aromatic heterocycles. The van der Waals surface area contributed by atoms with Crippen molar-refractivity contribution in [1.82, 2.24) is 5.32 Å². The second-order valence-electron chi connectivity index (χ2n) is 4.92. The Morgan fingerprint density at radius 2 is 1.95 bits per heavy atom. The number of aliphatic hydroxyl groups excluding tert-OH is 1. The number of benzene rings is 1. The van der Waals surface area contributed by atoms with Crippen LogP contribution in [0.2, 0.25) is 0 Å². The summed E-state index contributed by atoms with van der Waals surface area (Å²) in [5.41, 5.74) is 1.00. The first-order valence-electron chi connectivity index (χ1n) is 6.69. The van der Waals surface area contributed by atoms with E-state index in [9.17, 15) is 9.90 Å². The molecule has 1 aromatic rings. The van der Waals surface area contributed by atoms with Gasteiger partial charge in [0.1, 0.15) is 5.75 Å². The van der Waals surface area contributed by atoms with Gasteiger partial charge in [-0.2, -0.15) is 0 Å². The number of hydrogen-bond donors (Lipinski definition) is 2. The first kappa shape index (κ1) is 16.5. The van der Waals surface area contributed by atoms with Crippen LogP contribution in [0, 0.1) is 5.92 Å². The molecule has 1 unspecified atom stereocenters. The van der Waals surface area contributed by atoms with E-state index in [1.54, 1.807) is 7.11 Å². The van der Waals surface area contributed by atoms with Crippen LogP contribution in [-0.4, -0.2) is 37.4 Å². The van der Waals surface area contributed by atoms with Gasteiger partial charge in [-0.15, -0.1) is 0 Å². The molecule has 5 heteroatoms. The van der Waals surface area contributed by atoms with Crippen molar-refractivity contribution in [3.05, 3.63) is 29.8 Å². The van der Waals surface area contributed by atoms with Gasteiger partial charge in [0, 0.05) is 12.5 Å². The zero-order valence-corrected chi connectivity index (χ0v) is 12.3. The number of amides is 1. The summed E-state index contributed by atoms with van der Waals surface area (Å²) in [6, 6.07) is 7.54. The summed E-state index contributed by atoms with van der Waals surface area (Å²) in [6.07, 6.45) is -0.698. The topological polar surface area (TPSA) is 67.8 Å². The molecule has 112 valence electrons. The molecule has 0 spiro atoms. The van der Waals surface area contributed by atoms with Gasteiger partial charge in [-0.25, -0.2) is 0 Å². The largest absolute Gasteiger partial charge is 0.497 e. The average Bonchev–Trinajstić information content (AvgIpc) is 2.45. The van der Waals surface area contributed by atoms with Crippen LogP contribution in [0.15, 0.2) is 24.3 Å². The molecule has 0 aliphatic heterocycles. The molecule has 1 rings (SSSR count). The molecular formula is C15H23NO4. The van der Waals surface area contributed by atoms with E-state index in [2.05, 4.69) is 5.32 Å². The van der Waals surface area contributed by atoms with Gasteiger partial charge in [0.15, 0.2) is 0 Å². The summed E-state index contributed by atoms with van der Waals surface area (Å²) < 4.78 is 10.5. The molecule has 1 amide bonds. The van der Waals surface area contributed by atoms with E-state index in [4.69, 9.17) is 9.47 Å². The van der Waals surface area contributed by atoms with Crippen molar-refractivity contribution in [1.29, 1.82) is 0 Å². The maximum atomic E-state index is 11.3. The van der Waals surface area contributed by atoms with Crippen LogP contribution in [0.3, 0.4) is 0 Å². The lowest BCUT2D eigenvalue weighted by atomic mass is 10.2. The Hall–Kier alpha value is -1.59. The lowest BCUT2D eigenvalue weighted by molar-refractivity contribution is -0.124. The summed E-state index contributed by atoms with van der Waals surface area (Å²) in [7, 11) is 1.62. The zero-order valence-electron chi connectivity index (χ0n) is 12.3. The van der Waals surface area contributed by atoms with Crippen LogP contribution in [-0.2, 0) is 16.1 Å². The molecule has 5 nitrogen and oxygen atoms in total. The van der Waals surface area contributed by atoms with Gasteiger partial charge in [0.05, 0.1) is 26.4 Å². The molecule has 20 heavy (non-hydrogen) atoms. The first-order chi connectivity index (χ1) is 9.52. The van der Waals surface area contributed by atoms with Gasteiger partial charge in [0.2, 0.25) is 5.91 Å². The molecule has 0 saturated carbocycles. The highest BCUT2D eigenvalue weighted by Gasteiger charge is 2.10. The fraction of sp³-hybridized carbons (Fsp3) is 0.533. The third-order valence-electron chi connectivity index (χ3n) is 2.77. The van der Waals surface area contributed by atoms with E-state index >= 15 is 0 Å². The number of aliphatic hydroxyl groups is 1. The van der Waals surface area contributed by atoms with Gasteiger partial charge in [-0.05, 0) is 17.7 Å². The number of ether oxygens (including phenoxy) is 2. The van der Waals surface area contributed by atoms with Crippen molar-refractivity contribution < 1.29 is 19.4 Å². The van der Waals surface area contributed by atoms with Gasteiger partial charge in [-0.3, -0.25) is 4.79 Å². The number of methoxy groups -OCH3 is 1. The van der Waals surface area contributed by atoms with Crippen LogP contribution in [0.4, 0.5) is 0 Å². The maximum Gasteiger partial charge on any atom is 0.222 e. The number of rotatable bonds is 8. The second kappa shape index (κ2) is 8.55. The molecule has 0 saturated heterocycles. The first-order valence-corrected chi connectivity index (χ1v) is 6.69. The van der Waals surface area contributed by atoms with Crippen LogP contribution >= 0.6 is 0 Å². The lowest BCUT2D eigenvalue weighted by Crippen LogP contribution is -2.36. The minimum Gasteiger partial charge on any atom is -0.497 e. The van der Waals surface area contributed by atoms with Gasteiger partial charge in [-0.1, -0.05) is 26.0 Å². The van der Waals surface area contributed by atoms with E-state index < -0.39 is 6.10 Å². The number of carbonyl (C=O) groups is 1. The predicted molar refractivity (Wildman–Crippen MR) is 76.5 cm³/mol. The summed E-state index contributed by atoms with van der Waals surface area (Å²) in [6.45, 7) is 4.42. The van der Waals surface area contributed by atoms with Crippen molar-refractivity contribution in [3.63, 3.8) is 0 Å². The molecule has 0 fully saturated rings. The minimum atomic E-state index is -0.698. The molecular weight excluding hydrogens is 258 g/mol. The van der Waals surface area contributed by atoms with Gasteiger partial charge in [0.25, 0.3) is 0 Å². The third-order valence-corrected chi connectivity index (χ3v) is 2.77. The van der Waals surface area contributed by atoms with Crippen LogP contribution in [0.5, 0.6) is 5.75 Å². The fourth-order valence-electron chi connectivity index (χ4n) is 1.52. The van der Waals surface area contributed by atoms with Crippen LogP contribution in [0.1, 0.15) is 19.4 Å². The van der Waals surface area contributed by atoms with Crippen molar-refractivity contribution >= 4 is 5.91 Å². The molecule has 1 aromatic carbocycles. The Morgan fingerprint density at radius 1 is 1.30 bits per heavy atom. The number of hydrogen-bond acceptors (Lipinski definition) is 4. The predicted octanol–water partition coefficient (Wildman–Crippen LogP) is 1.34. The van der Waals surface area contributed by atoms with E-state index in [-0.39, 0.29) is 25.0 Å². The average molecular weight is 281 g/mol. The highest BCUT2D eigenvalue weighted by molar-refractivity contribution is 5.77. The third kappa shape index (κ3) is 6.04. The second-order valence-corrected chi connectivity index (χ2v) is 4.92. The van der Waals surface area contributed by atoms with Crippen molar-refractivity contribution in [3.8, 4) is 5.75 Å². The highest BCUT2D eigenvalue weighted by Crippen LogP contribution is 2.11. The monoisotopic (exact) mass is 281 g/mol. The molecule has 1 atom stereocenters. The van der Waals surface area contributed by atoms with Crippen molar-refractivity contribution in [2.24, 2.45) is 5.92 Å². The quantitative estimate of drug-likeness (QED) is 0.754. The molecule has 0 aliphatic rings. The van der Waals surface area contributed by atoms with Crippen molar-refractivity contribution in [2.45, 2.75) is 26.6 Å². The Morgan fingerprint density at radius 3 is 2.50 bits per heavy atom. The molecule has 0 bridgehead atoms. The van der Waals surface area contributed by atoms with E-state index in [1.165, 1.54) is 0 Å². The zero-order chi connectivity index (χ0) is 15.0. The Bertz CT molecular complexity index is 403. The van der Waals surface area contributed by atoms with Crippen LogP contribution < -0.4 is 10.1 Å². The SMILES string of the molecule is COc1ccc(COCC(O)CNC(=O)C(C)C)cc1. The molecule has 0 radical (unpaired) electrons. The number of carbonyl (C=O) groups excluding carboxylic acids is 1. The van der Waals surface area contributed by atoms with Crippen molar-refractivity contribution in [2.75, 3.05) is 20.3 Å².